The second-order valence-electron chi connectivity index (χ2n) is 6.85. The van der Waals surface area contributed by atoms with Gasteiger partial charge in [-0.3, -0.25) is 9.48 Å². The summed E-state index contributed by atoms with van der Waals surface area (Å²) in [4.78, 5) is 12.2. The molecule has 0 bridgehead atoms. The van der Waals surface area contributed by atoms with E-state index < -0.39 is 18.0 Å². The molecule has 26 heavy (non-hydrogen) atoms. The Kier molecular flexibility index (Phi) is 5.64. The normalized spacial score (nSPS) is 20.7. The van der Waals surface area contributed by atoms with Crippen LogP contribution in [0.25, 0.3) is 0 Å². The number of aromatic nitrogens is 2. The highest BCUT2D eigenvalue weighted by Gasteiger charge is 2.43. The molecule has 1 aliphatic carbocycles. The smallest absolute Gasteiger partial charge is 0.352 e. The van der Waals surface area contributed by atoms with E-state index in [1.807, 2.05) is 36.5 Å². The summed E-state index contributed by atoms with van der Waals surface area (Å²) in [7, 11) is 0. The molecule has 1 saturated carbocycles. The molecule has 0 radical (unpaired) electrons. The zero-order valence-corrected chi connectivity index (χ0v) is 14.4. The summed E-state index contributed by atoms with van der Waals surface area (Å²) in [5, 5.41) is 7.02. The highest BCUT2D eigenvalue weighted by atomic mass is 19.4. The highest BCUT2D eigenvalue weighted by Crippen LogP contribution is 2.39. The van der Waals surface area contributed by atoms with E-state index >= 15 is 0 Å². The van der Waals surface area contributed by atoms with Crippen LogP contribution in [-0.2, 0) is 17.9 Å². The van der Waals surface area contributed by atoms with Gasteiger partial charge in [0.2, 0.25) is 5.91 Å². The van der Waals surface area contributed by atoms with E-state index in [0.717, 1.165) is 11.1 Å². The van der Waals surface area contributed by atoms with E-state index in [1.54, 1.807) is 10.9 Å². The van der Waals surface area contributed by atoms with E-state index in [-0.39, 0.29) is 25.3 Å². The minimum Gasteiger partial charge on any atom is -0.352 e. The molecule has 0 spiro atoms. The van der Waals surface area contributed by atoms with Crippen LogP contribution in [0.15, 0.2) is 42.7 Å². The number of halogens is 3. The van der Waals surface area contributed by atoms with Crippen molar-refractivity contribution in [3.8, 4) is 0 Å². The Hall–Kier alpha value is -2.31. The third kappa shape index (κ3) is 4.86. The molecule has 1 aromatic carbocycles. The van der Waals surface area contributed by atoms with Gasteiger partial charge in [-0.05, 0) is 24.8 Å². The first-order valence-electron chi connectivity index (χ1n) is 8.81. The van der Waals surface area contributed by atoms with Crippen LogP contribution in [0.4, 0.5) is 13.2 Å². The molecule has 0 unspecified atom stereocenters. The Morgan fingerprint density at radius 1 is 1.19 bits per heavy atom. The maximum absolute atomic E-state index is 12.9. The van der Waals surface area contributed by atoms with Gasteiger partial charge in [-0.1, -0.05) is 36.8 Å². The summed E-state index contributed by atoms with van der Waals surface area (Å²) >= 11 is 0. The summed E-state index contributed by atoms with van der Waals surface area (Å²) in [6.07, 6.45) is 0.276. The predicted molar refractivity (Wildman–Crippen MR) is 91.1 cm³/mol. The summed E-state index contributed by atoms with van der Waals surface area (Å²) in [6.45, 7) is 0.908. The zero-order valence-electron chi connectivity index (χ0n) is 14.4. The van der Waals surface area contributed by atoms with Crippen molar-refractivity contribution in [2.24, 2.45) is 11.8 Å². The fraction of sp³-hybridized carbons (Fsp3) is 0.474. The van der Waals surface area contributed by atoms with Crippen LogP contribution in [0.3, 0.4) is 0 Å². The van der Waals surface area contributed by atoms with Gasteiger partial charge in [0.25, 0.3) is 0 Å². The zero-order chi connectivity index (χ0) is 18.6. The van der Waals surface area contributed by atoms with E-state index in [1.165, 1.54) is 0 Å². The molecule has 0 saturated heterocycles. The summed E-state index contributed by atoms with van der Waals surface area (Å²) < 4.78 is 40.4. The van der Waals surface area contributed by atoms with Crippen LogP contribution >= 0.6 is 0 Å². The first-order valence-corrected chi connectivity index (χ1v) is 8.81. The van der Waals surface area contributed by atoms with Crippen molar-refractivity contribution in [2.75, 3.05) is 0 Å². The molecule has 3 rings (SSSR count). The molecular weight excluding hydrogens is 343 g/mol. The number of carbonyl (C=O) groups is 1. The Bertz CT molecular complexity index is 727. The Balaban J connectivity index is 1.50. The van der Waals surface area contributed by atoms with Crippen LogP contribution in [0, 0.1) is 11.8 Å². The number of amides is 1. The van der Waals surface area contributed by atoms with E-state index in [9.17, 15) is 18.0 Å². The minimum atomic E-state index is -4.21. The summed E-state index contributed by atoms with van der Waals surface area (Å²) in [5.74, 6) is -2.22. The Morgan fingerprint density at radius 2 is 1.96 bits per heavy atom. The van der Waals surface area contributed by atoms with Gasteiger partial charge in [0.15, 0.2) is 0 Å². The van der Waals surface area contributed by atoms with Gasteiger partial charge in [-0.25, -0.2) is 0 Å². The summed E-state index contributed by atoms with van der Waals surface area (Å²) in [5.41, 5.74) is 1.95. The van der Waals surface area contributed by atoms with Crippen LogP contribution < -0.4 is 5.32 Å². The monoisotopic (exact) mass is 365 g/mol. The first kappa shape index (κ1) is 18.5. The van der Waals surface area contributed by atoms with Gasteiger partial charge in [-0.15, -0.1) is 0 Å². The van der Waals surface area contributed by atoms with Gasteiger partial charge in [0, 0.05) is 24.2 Å². The van der Waals surface area contributed by atoms with Crippen LogP contribution in [-0.4, -0.2) is 21.9 Å². The number of rotatable bonds is 5. The van der Waals surface area contributed by atoms with Crippen molar-refractivity contribution in [2.45, 2.75) is 44.9 Å². The van der Waals surface area contributed by atoms with Gasteiger partial charge in [0.05, 0.1) is 18.7 Å². The lowest BCUT2D eigenvalue weighted by Crippen LogP contribution is -2.37. The fourth-order valence-electron chi connectivity index (χ4n) is 3.41. The molecule has 1 N–H and O–H groups in total. The quantitative estimate of drug-likeness (QED) is 0.873. The molecule has 1 amide bonds. The fourth-order valence-corrected chi connectivity index (χ4v) is 3.41. The average Bonchev–Trinajstić information content (AvgIpc) is 3.07. The molecule has 7 heteroatoms. The third-order valence-electron chi connectivity index (χ3n) is 4.85. The Labute approximate surface area is 150 Å². The van der Waals surface area contributed by atoms with Gasteiger partial charge in [-0.2, -0.15) is 18.3 Å². The number of carbonyl (C=O) groups excluding carboxylic acids is 1. The van der Waals surface area contributed by atoms with E-state index in [4.69, 9.17) is 0 Å². The maximum Gasteiger partial charge on any atom is 0.391 e. The summed E-state index contributed by atoms with van der Waals surface area (Å²) in [6, 6.07) is 9.87. The van der Waals surface area contributed by atoms with Crippen LogP contribution in [0.2, 0.25) is 0 Å². The molecule has 4 nitrogen and oxygen atoms in total. The highest BCUT2D eigenvalue weighted by molar-refractivity contribution is 5.78. The predicted octanol–water partition coefficient (Wildman–Crippen LogP) is 3.92. The number of nitrogens with zero attached hydrogens (tertiary/aromatic N) is 2. The minimum absolute atomic E-state index is 0.109. The number of nitrogens with one attached hydrogen (secondary N) is 1. The number of benzene rings is 1. The average molecular weight is 365 g/mol. The molecule has 0 aliphatic heterocycles. The van der Waals surface area contributed by atoms with Crippen molar-refractivity contribution in [3.63, 3.8) is 0 Å². The van der Waals surface area contributed by atoms with Crippen molar-refractivity contribution in [1.29, 1.82) is 0 Å². The molecule has 1 heterocycles. The molecule has 1 fully saturated rings. The standard InChI is InChI=1S/C19H22F3N3O/c20-19(21,22)17-8-4-7-16(9-17)18(26)23-10-15-11-24-25(13-15)12-14-5-2-1-3-6-14/h1-3,5-6,11,13,16-17H,4,7-10,12H2,(H,23,26)/t16-,17+/m0/s1. The molecule has 140 valence electrons. The first-order chi connectivity index (χ1) is 12.4. The third-order valence-corrected chi connectivity index (χ3v) is 4.85. The topological polar surface area (TPSA) is 46.9 Å². The van der Waals surface area contributed by atoms with E-state index in [0.29, 0.717) is 19.4 Å². The second kappa shape index (κ2) is 7.93. The lowest BCUT2D eigenvalue weighted by atomic mass is 9.80. The second-order valence-corrected chi connectivity index (χ2v) is 6.85. The number of hydrogen-bond acceptors (Lipinski definition) is 2. The SMILES string of the molecule is O=C(NCc1cnn(Cc2ccccc2)c1)[C@H]1CCC[C@@H](C(F)(F)F)C1. The van der Waals surface area contributed by atoms with E-state index in [2.05, 4.69) is 10.4 Å². The van der Waals surface area contributed by atoms with Gasteiger partial charge in [0.1, 0.15) is 0 Å². The molecule has 2 atom stereocenters. The van der Waals surface area contributed by atoms with Crippen molar-refractivity contribution in [1.82, 2.24) is 15.1 Å². The molecule has 1 aliphatic rings. The molecule has 1 aromatic heterocycles. The Morgan fingerprint density at radius 3 is 2.69 bits per heavy atom. The van der Waals surface area contributed by atoms with Crippen LogP contribution in [0.5, 0.6) is 0 Å². The molecular formula is C19H22F3N3O. The van der Waals surface area contributed by atoms with Crippen molar-refractivity contribution < 1.29 is 18.0 Å². The van der Waals surface area contributed by atoms with Crippen molar-refractivity contribution in [3.05, 3.63) is 53.9 Å². The number of hydrogen-bond donors (Lipinski definition) is 1. The lowest BCUT2D eigenvalue weighted by molar-refractivity contribution is -0.186. The maximum atomic E-state index is 12.9. The van der Waals surface area contributed by atoms with Crippen LogP contribution in [0.1, 0.15) is 36.8 Å². The van der Waals surface area contributed by atoms with Gasteiger partial charge < -0.3 is 5.32 Å². The lowest BCUT2D eigenvalue weighted by Gasteiger charge is -2.29. The largest absolute Gasteiger partial charge is 0.391 e. The molecule has 2 aromatic rings. The van der Waals surface area contributed by atoms with Gasteiger partial charge >= 0.3 is 6.18 Å². The van der Waals surface area contributed by atoms with Crippen molar-refractivity contribution >= 4 is 5.91 Å². The number of alkyl halides is 3.